The van der Waals surface area contributed by atoms with E-state index in [9.17, 15) is 4.79 Å². The first-order valence-corrected chi connectivity index (χ1v) is 8.35. The Balaban J connectivity index is 1.70. The van der Waals surface area contributed by atoms with E-state index in [2.05, 4.69) is 29.0 Å². The van der Waals surface area contributed by atoms with Crippen LogP contribution >= 0.6 is 22.9 Å². The fourth-order valence-corrected chi connectivity index (χ4v) is 3.04. The summed E-state index contributed by atoms with van der Waals surface area (Å²) in [7, 11) is 0. The van der Waals surface area contributed by atoms with Crippen LogP contribution < -0.4 is 10.6 Å². The molecule has 0 saturated carbocycles. The lowest BCUT2D eigenvalue weighted by molar-refractivity contribution is 0.262. The lowest BCUT2D eigenvalue weighted by Gasteiger charge is -2.09. The van der Waals surface area contributed by atoms with Gasteiger partial charge in [0, 0.05) is 21.3 Å². The van der Waals surface area contributed by atoms with E-state index in [4.69, 9.17) is 11.6 Å². The van der Waals surface area contributed by atoms with Gasteiger partial charge in [-0.05, 0) is 65.9 Å². The molecule has 2 aromatic carbocycles. The van der Waals surface area contributed by atoms with Gasteiger partial charge in [-0.2, -0.15) is 0 Å². The van der Waals surface area contributed by atoms with Crippen LogP contribution in [0.25, 0.3) is 11.1 Å². The summed E-state index contributed by atoms with van der Waals surface area (Å²) in [5, 5.41) is 8.36. The summed E-state index contributed by atoms with van der Waals surface area (Å²) in [6, 6.07) is 16.6. The fourth-order valence-electron chi connectivity index (χ4n) is 2.20. The molecule has 0 fully saturated rings. The molecule has 5 heteroatoms. The second-order valence-electron chi connectivity index (χ2n) is 5.11. The maximum Gasteiger partial charge on any atom is 0.323 e. The number of nitrogens with one attached hydrogen (secondary N) is 2. The number of urea groups is 1. The number of halogens is 1. The molecule has 23 heavy (non-hydrogen) atoms. The molecule has 0 aliphatic heterocycles. The Morgan fingerprint density at radius 1 is 0.957 bits per heavy atom. The standard InChI is InChI=1S/C18H15ClN2OS/c1-12-9-14(11-23-12)13-3-2-4-17(10-13)21-18(22)20-16-7-5-15(19)6-8-16/h2-11H,1H3,(H2,20,21,22). The van der Waals surface area contributed by atoms with Gasteiger partial charge in [0.1, 0.15) is 0 Å². The molecule has 0 aliphatic carbocycles. The number of carbonyl (C=O) groups excluding carboxylic acids is 1. The van der Waals surface area contributed by atoms with Gasteiger partial charge in [-0.1, -0.05) is 23.7 Å². The van der Waals surface area contributed by atoms with Crippen LogP contribution in [0.2, 0.25) is 5.02 Å². The fraction of sp³-hybridized carbons (Fsp3) is 0.0556. The minimum absolute atomic E-state index is 0.286. The third-order valence-electron chi connectivity index (χ3n) is 3.29. The van der Waals surface area contributed by atoms with Crippen molar-refractivity contribution in [1.29, 1.82) is 0 Å². The SMILES string of the molecule is Cc1cc(-c2cccc(NC(=O)Nc3ccc(Cl)cc3)c2)cs1. The highest BCUT2D eigenvalue weighted by Gasteiger charge is 2.05. The topological polar surface area (TPSA) is 41.1 Å². The van der Waals surface area contributed by atoms with Crippen LogP contribution in [0.1, 0.15) is 4.88 Å². The smallest absolute Gasteiger partial charge is 0.308 e. The molecule has 0 bridgehead atoms. The highest BCUT2D eigenvalue weighted by molar-refractivity contribution is 7.10. The number of aryl methyl sites for hydroxylation is 1. The van der Waals surface area contributed by atoms with E-state index >= 15 is 0 Å². The molecule has 3 rings (SSSR count). The molecule has 0 unspecified atom stereocenters. The van der Waals surface area contributed by atoms with Crippen LogP contribution in [0.3, 0.4) is 0 Å². The number of benzene rings is 2. The zero-order chi connectivity index (χ0) is 16.2. The Morgan fingerprint density at radius 2 is 1.70 bits per heavy atom. The zero-order valence-corrected chi connectivity index (χ0v) is 14.0. The monoisotopic (exact) mass is 342 g/mol. The third-order valence-corrected chi connectivity index (χ3v) is 4.40. The summed E-state index contributed by atoms with van der Waals surface area (Å²) in [6.07, 6.45) is 0. The number of amides is 2. The van der Waals surface area contributed by atoms with Crippen LogP contribution in [0.4, 0.5) is 16.2 Å². The number of hydrogen-bond donors (Lipinski definition) is 2. The van der Waals surface area contributed by atoms with E-state index in [1.54, 1.807) is 35.6 Å². The zero-order valence-electron chi connectivity index (χ0n) is 12.5. The average molecular weight is 343 g/mol. The van der Waals surface area contributed by atoms with Gasteiger partial charge < -0.3 is 10.6 Å². The lowest BCUT2D eigenvalue weighted by Crippen LogP contribution is -2.19. The van der Waals surface area contributed by atoms with Crippen molar-refractivity contribution in [3.8, 4) is 11.1 Å². The number of carbonyl (C=O) groups is 1. The first kappa shape index (κ1) is 15.6. The Morgan fingerprint density at radius 3 is 2.39 bits per heavy atom. The van der Waals surface area contributed by atoms with E-state index in [1.165, 1.54) is 4.88 Å². The van der Waals surface area contributed by atoms with Crippen molar-refractivity contribution in [3.63, 3.8) is 0 Å². The minimum Gasteiger partial charge on any atom is -0.308 e. The summed E-state index contributed by atoms with van der Waals surface area (Å²) in [4.78, 5) is 13.3. The maximum absolute atomic E-state index is 12.1. The Labute approximate surface area is 143 Å². The second-order valence-corrected chi connectivity index (χ2v) is 6.66. The summed E-state index contributed by atoms with van der Waals surface area (Å²) in [6.45, 7) is 2.08. The largest absolute Gasteiger partial charge is 0.323 e. The molecule has 0 spiro atoms. The van der Waals surface area contributed by atoms with Gasteiger partial charge in [-0.3, -0.25) is 0 Å². The van der Waals surface area contributed by atoms with Crippen molar-refractivity contribution >= 4 is 40.3 Å². The molecule has 3 aromatic rings. The van der Waals surface area contributed by atoms with Gasteiger partial charge in [0.15, 0.2) is 0 Å². The Bertz CT molecular complexity index is 827. The van der Waals surface area contributed by atoms with Crippen LogP contribution in [0.15, 0.2) is 60.0 Å². The van der Waals surface area contributed by atoms with E-state index in [1.807, 2.05) is 24.3 Å². The molecular weight excluding hydrogens is 328 g/mol. The van der Waals surface area contributed by atoms with Gasteiger partial charge >= 0.3 is 6.03 Å². The summed E-state index contributed by atoms with van der Waals surface area (Å²) in [5.41, 5.74) is 3.68. The number of rotatable bonds is 3. The molecule has 2 amide bonds. The molecule has 0 aliphatic rings. The van der Waals surface area contributed by atoms with Crippen molar-refractivity contribution in [2.75, 3.05) is 10.6 Å². The first-order chi connectivity index (χ1) is 11.1. The Kier molecular flexibility index (Phi) is 4.65. The van der Waals surface area contributed by atoms with E-state index in [-0.39, 0.29) is 6.03 Å². The van der Waals surface area contributed by atoms with E-state index < -0.39 is 0 Å². The van der Waals surface area contributed by atoms with Crippen LogP contribution in [-0.2, 0) is 0 Å². The van der Waals surface area contributed by atoms with E-state index in [0.717, 1.165) is 16.8 Å². The average Bonchev–Trinajstić information content (AvgIpc) is 2.96. The molecule has 2 N–H and O–H groups in total. The molecule has 116 valence electrons. The summed E-state index contributed by atoms with van der Waals surface area (Å²) < 4.78 is 0. The molecule has 0 saturated heterocycles. The van der Waals surface area contributed by atoms with E-state index in [0.29, 0.717) is 10.7 Å². The molecule has 1 aromatic heterocycles. The van der Waals surface area contributed by atoms with Gasteiger partial charge in [-0.15, -0.1) is 11.3 Å². The molecule has 3 nitrogen and oxygen atoms in total. The van der Waals surface area contributed by atoms with Crippen molar-refractivity contribution < 1.29 is 4.79 Å². The second kappa shape index (κ2) is 6.86. The third kappa shape index (κ3) is 4.12. The number of anilines is 2. The Hall–Kier alpha value is -2.30. The predicted octanol–water partition coefficient (Wildman–Crippen LogP) is 6.02. The maximum atomic E-state index is 12.1. The van der Waals surface area contributed by atoms with Gasteiger partial charge in [0.25, 0.3) is 0 Å². The quantitative estimate of drug-likeness (QED) is 0.600. The summed E-state index contributed by atoms with van der Waals surface area (Å²) >= 11 is 7.54. The van der Waals surface area contributed by atoms with Crippen LogP contribution in [0, 0.1) is 6.92 Å². The van der Waals surface area contributed by atoms with Crippen LogP contribution in [0.5, 0.6) is 0 Å². The molecule has 1 heterocycles. The lowest BCUT2D eigenvalue weighted by atomic mass is 10.1. The molecular formula is C18H15ClN2OS. The minimum atomic E-state index is -0.286. The van der Waals surface area contributed by atoms with Crippen molar-refractivity contribution in [2.45, 2.75) is 6.92 Å². The van der Waals surface area contributed by atoms with Gasteiger partial charge in [0.2, 0.25) is 0 Å². The number of hydrogen-bond acceptors (Lipinski definition) is 2. The first-order valence-electron chi connectivity index (χ1n) is 7.09. The highest BCUT2D eigenvalue weighted by atomic mass is 35.5. The molecule has 0 radical (unpaired) electrons. The van der Waals surface area contributed by atoms with Gasteiger partial charge in [0.05, 0.1) is 0 Å². The highest BCUT2D eigenvalue weighted by Crippen LogP contribution is 2.27. The van der Waals surface area contributed by atoms with Crippen molar-refractivity contribution in [3.05, 3.63) is 69.9 Å². The normalized spacial score (nSPS) is 10.3. The van der Waals surface area contributed by atoms with Crippen LogP contribution in [-0.4, -0.2) is 6.03 Å². The van der Waals surface area contributed by atoms with Crippen molar-refractivity contribution in [1.82, 2.24) is 0 Å². The summed E-state index contributed by atoms with van der Waals surface area (Å²) in [5.74, 6) is 0. The number of thiophene rings is 1. The molecule has 0 atom stereocenters. The van der Waals surface area contributed by atoms with Gasteiger partial charge in [-0.25, -0.2) is 4.79 Å². The predicted molar refractivity (Wildman–Crippen MR) is 98.6 cm³/mol. The van der Waals surface area contributed by atoms with Crippen molar-refractivity contribution in [2.24, 2.45) is 0 Å².